The Hall–Kier alpha value is -4.07. The van der Waals surface area contributed by atoms with Crippen molar-refractivity contribution in [3.05, 3.63) is 134 Å². The summed E-state index contributed by atoms with van der Waals surface area (Å²) in [5.74, 6) is -0.308. The molecular formula is C87H147NO18. The molecule has 0 bridgehead atoms. The van der Waals surface area contributed by atoms with Gasteiger partial charge >= 0.3 is 0 Å². The van der Waals surface area contributed by atoms with Gasteiger partial charge in [-0.15, -0.1) is 0 Å². The molecule has 0 aromatic carbocycles. The molecule has 0 radical (unpaired) electrons. The van der Waals surface area contributed by atoms with Crippen LogP contribution in [0.4, 0.5) is 0 Å². The lowest BCUT2D eigenvalue weighted by atomic mass is 9.96. The Labute approximate surface area is 639 Å². The fraction of sp³-hybridized carbons (Fsp3) is 0.736. The van der Waals surface area contributed by atoms with E-state index in [4.69, 9.17) is 28.4 Å². The summed E-state index contributed by atoms with van der Waals surface area (Å²) in [5, 5.41) is 121. The summed E-state index contributed by atoms with van der Waals surface area (Å²) in [6.45, 7) is 1.59. The van der Waals surface area contributed by atoms with Crippen LogP contribution in [0.3, 0.4) is 0 Å². The smallest absolute Gasteiger partial charge is 0.220 e. The first-order chi connectivity index (χ1) is 51.8. The Kier molecular flexibility index (Phi) is 59.5. The number of nitrogens with one attached hydrogen (secondary N) is 1. The zero-order chi connectivity index (χ0) is 76.7. The van der Waals surface area contributed by atoms with Crippen molar-refractivity contribution in [3.8, 4) is 0 Å². The average Bonchev–Trinajstić information content (AvgIpc) is 0.780. The number of amides is 1. The third-order valence-electron chi connectivity index (χ3n) is 19.7. The molecule has 3 heterocycles. The number of ether oxygens (including phenoxy) is 6. The highest BCUT2D eigenvalue weighted by molar-refractivity contribution is 5.76. The van der Waals surface area contributed by atoms with Crippen LogP contribution >= 0.6 is 0 Å². The van der Waals surface area contributed by atoms with E-state index in [1.165, 1.54) is 128 Å². The Morgan fingerprint density at radius 1 is 0.349 bits per heavy atom. The van der Waals surface area contributed by atoms with Crippen LogP contribution < -0.4 is 5.32 Å². The zero-order valence-electron chi connectivity index (χ0n) is 65.1. The quantitative estimate of drug-likeness (QED) is 0.0199. The van der Waals surface area contributed by atoms with Gasteiger partial charge in [0.2, 0.25) is 5.91 Å². The van der Waals surface area contributed by atoms with Crippen molar-refractivity contribution in [2.45, 2.75) is 381 Å². The van der Waals surface area contributed by atoms with Gasteiger partial charge in [0.1, 0.15) is 73.2 Å². The second-order valence-electron chi connectivity index (χ2n) is 28.8. The van der Waals surface area contributed by atoms with E-state index in [1.54, 1.807) is 6.08 Å². The van der Waals surface area contributed by atoms with Gasteiger partial charge in [-0.3, -0.25) is 4.79 Å². The van der Waals surface area contributed by atoms with E-state index in [0.29, 0.717) is 12.8 Å². The van der Waals surface area contributed by atoms with Crippen LogP contribution in [0, 0.1) is 0 Å². The van der Waals surface area contributed by atoms with Crippen LogP contribution in [-0.4, -0.2) is 193 Å². The Morgan fingerprint density at radius 2 is 0.660 bits per heavy atom. The lowest BCUT2D eigenvalue weighted by Crippen LogP contribution is -2.66. The van der Waals surface area contributed by atoms with Crippen LogP contribution in [0.2, 0.25) is 0 Å². The molecule has 19 nitrogen and oxygen atoms in total. The molecular weight excluding hydrogens is 1350 g/mol. The summed E-state index contributed by atoms with van der Waals surface area (Å²) in [6.07, 6.45) is 67.2. The van der Waals surface area contributed by atoms with Crippen LogP contribution in [-0.2, 0) is 33.2 Å². The van der Waals surface area contributed by atoms with E-state index < -0.39 is 124 Å². The van der Waals surface area contributed by atoms with E-state index in [0.717, 1.165) is 116 Å². The zero-order valence-corrected chi connectivity index (χ0v) is 65.1. The van der Waals surface area contributed by atoms with Gasteiger partial charge in [-0.1, -0.05) is 295 Å². The maximum atomic E-state index is 13.5. The summed E-state index contributed by atoms with van der Waals surface area (Å²) < 4.78 is 34.4. The van der Waals surface area contributed by atoms with Crippen molar-refractivity contribution in [3.63, 3.8) is 0 Å². The van der Waals surface area contributed by atoms with Crippen molar-refractivity contribution < 1.29 is 89.4 Å². The SMILES string of the molecule is CC/C=C\C/C=C\C/C=C\C/C=C\C/C=C\C/C=C\C/C=C\C/C=C\CCCCCCCCC(=O)NC(COC1OC(CO)C(OC2OC(CO)C(OC3OC(CO)C(O)C(O)C3O)C(O)C2O)C(O)C1O)C(O)/C=C/CC/C=C/CC/C=C/CCCCCCCCCCCCCCCCCCCCCC. The summed E-state index contributed by atoms with van der Waals surface area (Å²) in [7, 11) is 0. The van der Waals surface area contributed by atoms with Crippen LogP contribution in [0.5, 0.6) is 0 Å². The number of aliphatic hydroxyl groups is 11. The number of hydrogen-bond donors (Lipinski definition) is 12. The third kappa shape index (κ3) is 44.7. The number of aliphatic hydroxyl groups excluding tert-OH is 11. The van der Waals surface area contributed by atoms with E-state index in [-0.39, 0.29) is 18.9 Å². The Morgan fingerprint density at radius 3 is 1.06 bits per heavy atom. The molecule has 19 heteroatoms. The predicted octanol–water partition coefficient (Wildman–Crippen LogP) is 14.4. The molecule has 1 amide bonds. The first kappa shape index (κ1) is 96.1. The van der Waals surface area contributed by atoms with Gasteiger partial charge in [-0.25, -0.2) is 0 Å². The molecule has 12 N–H and O–H groups in total. The second-order valence-corrected chi connectivity index (χ2v) is 28.8. The minimum absolute atomic E-state index is 0.206. The van der Waals surface area contributed by atoms with E-state index in [9.17, 15) is 61.0 Å². The number of carbonyl (C=O) groups is 1. The number of rotatable bonds is 64. The molecule has 3 saturated heterocycles. The molecule has 608 valence electrons. The van der Waals surface area contributed by atoms with Crippen molar-refractivity contribution in [1.29, 1.82) is 0 Å². The number of allylic oxidation sites excluding steroid dienone is 21. The van der Waals surface area contributed by atoms with E-state index >= 15 is 0 Å². The van der Waals surface area contributed by atoms with Crippen LogP contribution in [0.25, 0.3) is 0 Å². The highest BCUT2D eigenvalue weighted by Gasteiger charge is 2.54. The molecule has 0 aliphatic carbocycles. The van der Waals surface area contributed by atoms with Crippen molar-refractivity contribution in [2.24, 2.45) is 0 Å². The normalized spacial score (nSPS) is 26.4. The highest BCUT2D eigenvalue weighted by Crippen LogP contribution is 2.33. The molecule has 0 saturated carbocycles. The van der Waals surface area contributed by atoms with Gasteiger partial charge in [-0.2, -0.15) is 0 Å². The summed E-state index contributed by atoms with van der Waals surface area (Å²) in [6, 6.07) is -1.02. The van der Waals surface area contributed by atoms with Gasteiger partial charge in [0.25, 0.3) is 0 Å². The summed E-state index contributed by atoms with van der Waals surface area (Å²) in [5.41, 5.74) is 0. The monoisotopic (exact) mass is 1490 g/mol. The average molecular weight is 1500 g/mol. The van der Waals surface area contributed by atoms with Gasteiger partial charge in [0.05, 0.1) is 38.6 Å². The van der Waals surface area contributed by atoms with E-state index in [2.05, 4.69) is 141 Å². The lowest BCUT2D eigenvalue weighted by molar-refractivity contribution is -0.379. The topological polar surface area (TPSA) is 307 Å². The number of hydrogen-bond acceptors (Lipinski definition) is 18. The lowest BCUT2D eigenvalue weighted by Gasteiger charge is -2.48. The molecule has 3 aliphatic rings. The first-order valence-corrected chi connectivity index (χ1v) is 41.4. The predicted molar refractivity (Wildman–Crippen MR) is 424 cm³/mol. The Balaban J connectivity index is 1.40. The highest BCUT2D eigenvalue weighted by atomic mass is 16.8. The van der Waals surface area contributed by atoms with Crippen molar-refractivity contribution in [2.75, 3.05) is 26.4 Å². The minimum Gasteiger partial charge on any atom is -0.394 e. The van der Waals surface area contributed by atoms with Crippen molar-refractivity contribution in [1.82, 2.24) is 5.32 Å². The molecule has 0 aromatic heterocycles. The van der Waals surface area contributed by atoms with Gasteiger partial charge < -0.3 is 89.9 Å². The summed E-state index contributed by atoms with van der Waals surface area (Å²) in [4.78, 5) is 13.5. The van der Waals surface area contributed by atoms with Crippen molar-refractivity contribution >= 4 is 5.91 Å². The third-order valence-corrected chi connectivity index (χ3v) is 19.7. The second kappa shape index (κ2) is 65.6. The largest absolute Gasteiger partial charge is 0.394 e. The fourth-order valence-electron chi connectivity index (χ4n) is 13.1. The molecule has 0 aromatic rings. The molecule has 3 rings (SSSR count). The molecule has 106 heavy (non-hydrogen) atoms. The standard InChI is InChI=1S/C87H147NO18/c1-3-5-7-9-11-13-15-17-19-21-23-25-27-29-31-33-35-37-39-41-43-45-47-49-51-53-55-57-59-61-63-65-75(93)88-70(71(92)64-62-60-58-56-54-52-50-48-46-44-42-40-38-36-34-32-30-28-26-24-22-20-18-16-14-12-10-8-6-4-2)69-101-85-81(99)78(96)83(73(67-90)103-85)106-87-82(100)79(97)84(74(68-91)104-87)105-86-80(98)77(95)76(94)72(66-89)102-86/h5,7,11,13,17,19,23,25,29,31,35,37,41,43,46-49,54,56,62,64,70-74,76-87,89-92,94-100H,3-4,6,8-10,12,14-16,18,20-22,24,26-28,30,32-34,36,38-40,42,44-45,50-53,55,57-61,63,65-69H2,1-2H3,(H,88,93)/b7-5-,13-11-,19-17-,25-23-,31-29-,37-35-,43-41-,48-46+,49-47-,56-54+,64-62+. The number of carbonyl (C=O) groups excluding carboxylic acids is 1. The molecule has 17 atom stereocenters. The molecule has 3 aliphatic heterocycles. The molecule has 17 unspecified atom stereocenters. The maximum absolute atomic E-state index is 13.5. The Bertz CT molecular complexity index is 2440. The van der Waals surface area contributed by atoms with E-state index in [1.807, 2.05) is 6.08 Å². The summed E-state index contributed by atoms with van der Waals surface area (Å²) >= 11 is 0. The van der Waals surface area contributed by atoms with Gasteiger partial charge in [-0.05, 0) is 109 Å². The maximum Gasteiger partial charge on any atom is 0.220 e. The molecule has 3 fully saturated rings. The van der Waals surface area contributed by atoms with Gasteiger partial charge in [0, 0.05) is 6.42 Å². The van der Waals surface area contributed by atoms with Gasteiger partial charge in [0.15, 0.2) is 18.9 Å². The number of unbranched alkanes of at least 4 members (excludes halogenated alkanes) is 28. The first-order valence-electron chi connectivity index (χ1n) is 41.4. The molecule has 0 spiro atoms. The minimum atomic E-state index is -1.99. The van der Waals surface area contributed by atoms with Crippen LogP contribution in [0.15, 0.2) is 134 Å². The fourth-order valence-corrected chi connectivity index (χ4v) is 13.1. The van der Waals surface area contributed by atoms with Crippen LogP contribution in [0.1, 0.15) is 277 Å².